The van der Waals surface area contributed by atoms with Crippen molar-refractivity contribution in [2.75, 3.05) is 5.73 Å². The molecule has 0 saturated heterocycles. The Morgan fingerprint density at radius 2 is 2.07 bits per heavy atom. The van der Waals surface area contributed by atoms with Crippen LogP contribution in [0.15, 0.2) is 28.9 Å². The summed E-state index contributed by atoms with van der Waals surface area (Å²) in [5, 5.41) is 4.25. The molecular weight excluding hydrogens is 254 g/mol. The van der Waals surface area contributed by atoms with Crippen molar-refractivity contribution in [2.24, 2.45) is 0 Å². The van der Waals surface area contributed by atoms with E-state index < -0.39 is 0 Å². The molecule has 0 spiro atoms. The van der Waals surface area contributed by atoms with Crippen molar-refractivity contribution in [3.63, 3.8) is 0 Å². The number of rotatable bonds is 1. The van der Waals surface area contributed by atoms with Crippen LogP contribution >= 0.6 is 15.9 Å². The number of aryl methyl sites for hydroxylation is 2. The number of halogens is 1. The Morgan fingerprint density at radius 3 is 2.67 bits per heavy atom. The molecule has 0 radical (unpaired) electrons. The maximum Gasteiger partial charge on any atom is 0.148 e. The molecule has 0 atom stereocenters. The second-order valence-electron chi connectivity index (χ2n) is 3.60. The molecule has 1 aromatic heterocycles. The SMILES string of the molecule is Cc1ccc(Br)c(-n2cc(C)c(N)n2)c1. The first-order chi connectivity index (χ1) is 7.08. The van der Waals surface area contributed by atoms with E-state index in [9.17, 15) is 0 Å². The summed E-state index contributed by atoms with van der Waals surface area (Å²) in [6.45, 7) is 4.00. The first-order valence-electron chi connectivity index (χ1n) is 4.66. The lowest BCUT2D eigenvalue weighted by molar-refractivity contribution is 0.879. The van der Waals surface area contributed by atoms with Gasteiger partial charge in [-0.25, -0.2) is 4.68 Å². The lowest BCUT2D eigenvalue weighted by Crippen LogP contribution is -1.97. The third-order valence-electron chi connectivity index (χ3n) is 2.28. The van der Waals surface area contributed by atoms with Gasteiger partial charge in [-0.1, -0.05) is 6.07 Å². The maximum absolute atomic E-state index is 5.72. The van der Waals surface area contributed by atoms with Gasteiger partial charge >= 0.3 is 0 Å². The molecule has 4 heteroatoms. The molecule has 2 rings (SSSR count). The lowest BCUT2D eigenvalue weighted by atomic mass is 10.2. The highest BCUT2D eigenvalue weighted by Crippen LogP contribution is 2.23. The van der Waals surface area contributed by atoms with Crippen LogP contribution in [0.4, 0.5) is 5.82 Å². The van der Waals surface area contributed by atoms with Crippen molar-refractivity contribution >= 4 is 21.7 Å². The average Bonchev–Trinajstić information content (AvgIpc) is 2.51. The molecule has 0 aliphatic heterocycles. The summed E-state index contributed by atoms with van der Waals surface area (Å²) in [7, 11) is 0. The van der Waals surface area contributed by atoms with Crippen molar-refractivity contribution in [1.29, 1.82) is 0 Å². The molecule has 3 nitrogen and oxygen atoms in total. The summed E-state index contributed by atoms with van der Waals surface area (Å²) >= 11 is 3.50. The number of aromatic nitrogens is 2. The zero-order valence-electron chi connectivity index (χ0n) is 8.66. The number of hydrogen-bond donors (Lipinski definition) is 1. The van der Waals surface area contributed by atoms with E-state index in [2.05, 4.69) is 34.0 Å². The van der Waals surface area contributed by atoms with Gasteiger partial charge in [0.1, 0.15) is 5.82 Å². The van der Waals surface area contributed by atoms with Gasteiger partial charge in [0.2, 0.25) is 0 Å². The topological polar surface area (TPSA) is 43.8 Å². The Hall–Kier alpha value is -1.29. The largest absolute Gasteiger partial charge is 0.382 e. The Labute approximate surface area is 97.0 Å². The third-order valence-corrected chi connectivity index (χ3v) is 2.95. The molecular formula is C11H12BrN3. The minimum atomic E-state index is 0.573. The smallest absolute Gasteiger partial charge is 0.148 e. The molecule has 0 aliphatic rings. The van der Waals surface area contributed by atoms with E-state index in [1.54, 1.807) is 4.68 Å². The Balaban J connectivity index is 2.58. The van der Waals surface area contributed by atoms with Gasteiger partial charge in [0.25, 0.3) is 0 Å². The molecule has 78 valence electrons. The van der Waals surface area contributed by atoms with Crippen LogP contribution in [0.5, 0.6) is 0 Å². The van der Waals surface area contributed by atoms with Gasteiger partial charge in [0, 0.05) is 16.2 Å². The number of anilines is 1. The van der Waals surface area contributed by atoms with E-state index in [0.29, 0.717) is 5.82 Å². The number of benzene rings is 1. The molecule has 1 aromatic carbocycles. The van der Waals surface area contributed by atoms with Gasteiger partial charge in [-0.2, -0.15) is 5.10 Å². The van der Waals surface area contributed by atoms with E-state index in [-0.39, 0.29) is 0 Å². The molecule has 0 bridgehead atoms. The summed E-state index contributed by atoms with van der Waals surface area (Å²) < 4.78 is 2.80. The van der Waals surface area contributed by atoms with Crippen molar-refractivity contribution in [3.8, 4) is 5.69 Å². The zero-order valence-corrected chi connectivity index (χ0v) is 10.2. The lowest BCUT2D eigenvalue weighted by Gasteiger charge is -2.05. The minimum Gasteiger partial charge on any atom is -0.382 e. The first-order valence-corrected chi connectivity index (χ1v) is 5.45. The second-order valence-corrected chi connectivity index (χ2v) is 4.45. The molecule has 0 amide bonds. The van der Waals surface area contributed by atoms with E-state index >= 15 is 0 Å². The highest BCUT2D eigenvalue weighted by Gasteiger charge is 2.06. The molecule has 2 aromatic rings. The summed E-state index contributed by atoms with van der Waals surface area (Å²) in [6, 6.07) is 6.13. The Morgan fingerprint density at radius 1 is 1.33 bits per heavy atom. The van der Waals surface area contributed by atoms with Crippen LogP contribution in [-0.2, 0) is 0 Å². The number of nitrogens with two attached hydrogens (primary N) is 1. The highest BCUT2D eigenvalue weighted by atomic mass is 79.9. The van der Waals surface area contributed by atoms with Crippen molar-refractivity contribution < 1.29 is 0 Å². The van der Waals surface area contributed by atoms with Crippen LogP contribution < -0.4 is 5.73 Å². The second kappa shape index (κ2) is 3.70. The molecule has 1 heterocycles. The van der Waals surface area contributed by atoms with Crippen molar-refractivity contribution in [3.05, 3.63) is 40.0 Å². The standard InChI is InChI=1S/C11H12BrN3/c1-7-3-4-9(12)10(5-7)15-6-8(2)11(13)14-15/h3-6H,1-2H3,(H2,13,14). The predicted octanol–water partition coefficient (Wildman–Crippen LogP) is 2.83. The quantitative estimate of drug-likeness (QED) is 0.862. The maximum atomic E-state index is 5.72. The van der Waals surface area contributed by atoms with Crippen molar-refractivity contribution in [1.82, 2.24) is 9.78 Å². The van der Waals surface area contributed by atoms with Gasteiger partial charge in [-0.05, 0) is 47.5 Å². The van der Waals surface area contributed by atoms with Crippen LogP contribution in [0.1, 0.15) is 11.1 Å². The molecule has 0 fully saturated rings. The van der Waals surface area contributed by atoms with Crippen LogP contribution in [0, 0.1) is 13.8 Å². The van der Waals surface area contributed by atoms with E-state index in [1.165, 1.54) is 5.56 Å². The molecule has 0 saturated carbocycles. The first kappa shape index (κ1) is 10.2. The van der Waals surface area contributed by atoms with Crippen molar-refractivity contribution in [2.45, 2.75) is 13.8 Å². The normalized spacial score (nSPS) is 10.6. The van der Waals surface area contributed by atoms with Crippen LogP contribution in [-0.4, -0.2) is 9.78 Å². The van der Waals surface area contributed by atoms with Gasteiger partial charge in [0.15, 0.2) is 0 Å². The Bertz CT molecular complexity index is 483. The fourth-order valence-electron chi connectivity index (χ4n) is 1.40. The molecule has 15 heavy (non-hydrogen) atoms. The molecule has 0 unspecified atom stereocenters. The van der Waals surface area contributed by atoms with Crippen LogP contribution in [0.3, 0.4) is 0 Å². The van der Waals surface area contributed by atoms with Gasteiger partial charge in [-0.3, -0.25) is 0 Å². The number of nitrogens with zero attached hydrogens (tertiary/aromatic N) is 2. The number of nitrogen functional groups attached to an aromatic ring is 1. The summed E-state index contributed by atoms with van der Waals surface area (Å²) in [5.41, 5.74) is 8.91. The van der Waals surface area contributed by atoms with Crippen LogP contribution in [0.25, 0.3) is 5.69 Å². The summed E-state index contributed by atoms with van der Waals surface area (Å²) in [5.74, 6) is 0.573. The molecule has 2 N–H and O–H groups in total. The predicted molar refractivity (Wildman–Crippen MR) is 65.2 cm³/mol. The Kier molecular flexibility index (Phi) is 2.52. The van der Waals surface area contributed by atoms with E-state index in [4.69, 9.17) is 5.73 Å². The zero-order chi connectivity index (χ0) is 11.0. The molecule has 0 aliphatic carbocycles. The third kappa shape index (κ3) is 1.90. The van der Waals surface area contributed by atoms with Crippen LogP contribution in [0.2, 0.25) is 0 Å². The number of hydrogen-bond acceptors (Lipinski definition) is 2. The van der Waals surface area contributed by atoms with Gasteiger partial charge < -0.3 is 5.73 Å². The fourth-order valence-corrected chi connectivity index (χ4v) is 1.82. The van der Waals surface area contributed by atoms with Gasteiger partial charge in [-0.15, -0.1) is 0 Å². The van der Waals surface area contributed by atoms with E-state index in [1.807, 2.05) is 25.3 Å². The van der Waals surface area contributed by atoms with Gasteiger partial charge in [0.05, 0.1) is 5.69 Å². The summed E-state index contributed by atoms with van der Waals surface area (Å²) in [4.78, 5) is 0. The average molecular weight is 266 g/mol. The van der Waals surface area contributed by atoms with E-state index in [0.717, 1.165) is 15.7 Å². The highest BCUT2D eigenvalue weighted by molar-refractivity contribution is 9.10. The monoisotopic (exact) mass is 265 g/mol. The minimum absolute atomic E-state index is 0.573. The fraction of sp³-hybridized carbons (Fsp3) is 0.182. The summed E-state index contributed by atoms with van der Waals surface area (Å²) in [6.07, 6.45) is 1.93.